The molecule has 2 nitrogen and oxygen atoms in total. The van der Waals surface area contributed by atoms with Crippen molar-refractivity contribution < 1.29 is 0 Å². The second-order valence-electron chi connectivity index (χ2n) is 9.64. The molecule has 2 aromatic carbocycles. The standard InChI is InChI=1S/C25H27ClN2S/c26-21-6-8-22(9-7-21)27-24-28(16-23(29-24)20-4-2-1-3-5-20)25-13-17-10-18(14-25)12-19(11-17)15-25/h1-9,17-19,23H,10-16H2/t17?,18?,19?,23-,25?/m0/s1. The van der Waals surface area contributed by atoms with E-state index in [1.54, 1.807) is 0 Å². The van der Waals surface area contributed by atoms with Gasteiger partial charge in [0.1, 0.15) is 0 Å². The molecular weight excluding hydrogens is 396 g/mol. The Morgan fingerprint density at radius 2 is 1.48 bits per heavy atom. The lowest BCUT2D eigenvalue weighted by atomic mass is 9.52. The lowest BCUT2D eigenvalue weighted by Crippen LogP contribution is -2.60. The van der Waals surface area contributed by atoms with E-state index in [1.165, 1.54) is 49.3 Å². The van der Waals surface area contributed by atoms with Crippen LogP contribution in [0.1, 0.15) is 49.3 Å². The fourth-order valence-corrected chi connectivity index (χ4v) is 8.27. The first-order valence-electron chi connectivity index (χ1n) is 11.0. The van der Waals surface area contributed by atoms with E-state index in [-0.39, 0.29) is 0 Å². The highest BCUT2D eigenvalue weighted by molar-refractivity contribution is 8.14. The van der Waals surface area contributed by atoms with E-state index < -0.39 is 0 Å². The van der Waals surface area contributed by atoms with Crippen LogP contribution in [0.5, 0.6) is 0 Å². The van der Waals surface area contributed by atoms with Crippen molar-refractivity contribution in [3.63, 3.8) is 0 Å². The van der Waals surface area contributed by atoms with E-state index in [4.69, 9.17) is 16.6 Å². The highest BCUT2D eigenvalue weighted by Crippen LogP contribution is 2.60. The maximum absolute atomic E-state index is 6.11. The lowest BCUT2D eigenvalue weighted by molar-refractivity contribution is -0.0596. The number of amidine groups is 1. The maximum Gasteiger partial charge on any atom is 0.165 e. The van der Waals surface area contributed by atoms with Crippen LogP contribution in [0.4, 0.5) is 5.69 Å². The summed E-state index contributed by atoms with van der Waals surface area (Å²) in [4.78, 5) is 7.90. The zero-order valence-corrected chi connectivity index (χ0v) is 18.2. The van der Waals surface area contributed by atoms with Gasteiger partial charge >= 0.3 is 0 Å². The first-order valence-corrected chi connectivity index (χ1v) is 12.3. The van der Waals surface area contributed by atoms with Gasteiger partial charge in [-0.05, 0) is 86.1 Å². The molecule has 0 spiro atoms. The molecule has 0 unspecified atom stereocenters. The van der Waals surface area contributed by atoms with Gasteiger partial charge in [-0.3, -0.25) is 0 Å². The minimum Gasteiger partial charge on any atom is -0.344 e. The predicted molar refractivity (Wildman–Crippen MR) is 123 cm³/mol. The van der Waals surface area contributed by atoms with Crippen LogP contribution >= 0.6 is 23.4 Å². The van der Waals surface area contributed by atoms with Crippen molar-refractivity contribution in [1.82, 2.24) is 4.90 Å². The van der Waals surface area contributed by atoms with Crippen molar-refractivity contribution in [3.8, 4) is 0 Å². The van der Waals surface area contributed by atoms with Crippen molar-refractivity contribution in [2.75, 3.05) is 6.54 Å². The predicted octanol–water partition coefficient (Wildman–Crippen LogP) is 7.09. The maximum atomic E-state index is 6.11. The van der Waals surface area contributed by atoms with Crippen LogP contribution in [0, 0.1) is 17.8 Å². The largest absolute Gasteiger partial charge is 0.344 e. The molecule has 4 bridgehead atoms. The molecule has 29 heavy (non-hydrogen) atoms. The van der Waals surface area contributed by atoms with Crippen LogP contribution in [0.2, 0.25) is 5.02 Å². The molecule has 4 aliphatic carbocycles. The van der Waals surface area contributed by atoms with E-state index in [1.807, 2.05) is 36.0 Å². The van der Waals surface area contributed by atoms with E-state index in [0.717, 1.165) is 35.0 Å². The number of hydrogen-bond acceptors (Lipinski definition) is 2. The number of hydrogen-bond donors (Lipinski definition) is 0. The number of benzene rings is 2. The molecule has 0 amide bonds. The Bertz CT molecular complexity index is 888. The average Bonchev–Trinajstić information content (AvgIpc) is 3.14. The number of rotatable bonds is 3. The van der Waals surface area contributed by atoms with Gasteiger partial charge in [-0.15, -0.1) is 0 Å². The second-order valence-corrected chi connectivity index (χ2v) is 11.2. The van der Waals surface area contributed by atoms with Crippen molar-refractivity contribution in [1.29, 1.82) is 0 Å². The van der Waals surface area contributed by atoms with E-state index in [0.29, 0.717) is 10.8 Å². The summed E-state index contributed by atoms with van der Waals surface area (Å²) in [5.74, 6) is 2.83. The number of thioether (sulfide) groups is 1. The molecule has 1 saturated heterocycles. The van der Waals surface area contributed by atoms with Gasteiger partial charge in [-0.25, -0.2) is 4.99 Å². The monoisotopic (exact) mass is 422 g/mol. The summed E-state index contributed by atoms with van der Waals surface area (Å²) in [5.41, 5.74) is 2.78. The topological polar surface area (TPSA) is 15.6 Å². The molecule has 0 radical (unpaired) electrons. The summed E-state index contributed by atoms with van der Waals surface area (Å²) >= 11 is 8.07. The summed E-state index contributed by atoms with van der Waals surface area (Å²) in [6.45, 7) is 1.09. The van der Waals surface area contributed by atoms with E-state index in [2.05, 4.69) is 35.2 Å². The average molecular weight is 423 g/mol. The quantitative estimate of drug-likeness (QED) is 0.524. The normalized spacial score (nSPS) is 36.9. The molecule has 1 atom stereocenters. The highest BCUT2D eigenvalue weighted by Gasteiger charge is 2.56. The molecule has 150 valence electrons. The van der Waals surface area contributed by atoms with Crippen molar-refractivity contribution in [3.05, 3.63) is 65.2 Å². The van der Waals surface area contributed by atoms with Gasteiger partial charge in [-0.2, -0.15) is 0 Å². The fraction of sp³-hybridized carbons (Fsp3) is 0.480. The first-order chi connectivity index (χ1) is 14.2. The first kappa shape index (κ1) is 18.3. The molecule has 4 heteroatoms. The van der Waals surface area contributed by atoms with Gasteiger partial charge in [0, 0.05) is 17.1 Å². The van der Waals surface area contributed by atoms with Gasteiger partial charge < -0.3 is 4.90 Å². The zero-order valence-electron chi connectivity index (χ0n) is 16.6. The van der Waals surface area contributed by atoms with Gasteiger partial charge in [0.05, 0.1) is 10.9 Å². The Kier molecular flexibility index (Phi) is 4.46. The molecular formula is C25H27ClN2S. The molecule has 5 aliphatic rings. The minimum absolute atomic E-state index is 0.344. The van der Waals surface area contributed by atoms with Gasteiger partial charge in [0.2, 0.25) is 0 Å². The van der Waals surface area contributed by atoms with Crippen molar-refractivity contribution in [2.45, 2.75) is 49.3 Å². The van der Waals surface area contributed by atoms with Crippen LogP contribution in [0.25, 0.3) is 0 Å². The Balaban J connectivity index is 1.38. The van der Waals surface area contributed by atoms with Crippen LogP contribution in [0.3, 0.4) is 0 Å². The summed E-state index contributed by atoms with van der Waals surface area (Å²) in [6, 6.07) is 19.0. The smallest absolute Gasteiger partial charge is 0.165 e. The van der Waals surface area contributed by atoms with Crippen molar-refractivity contribution in [2.24, 2.45) is 22.7 Å². The van der Waals surface area contributed by atoms with Gasteiger partial charge in [-0.1, -0.05) is 53.7 Å². The zero-order chi connectivity index (χ0) is 19.4. The van der Waals surface area contributed by atoms with Crippen molar-refractivity contribution >= 4 is 34.2 Å². The summed E-state index contributed by atoms with van der Waals surface area (Å²) < 4.78 is 0. The second kappa shape index (κ2) is 7.06. The third-order valence-electron chi connectivity index (χ3n) is 7.63. The fourth-order valence-electron chi connectivity index (χ4n) is 6.82. The summed E-state index contributed by atoms with van der Waals surface area (Å²) in [6.07, 6.45) is 8.56. The molecule has 2 aromatic rings. The molecule has 7 rings (SSSR count). The third kappa shape index (κ3) is 3.31. The molecule has 1 aliphatic heterocycles. The molecule has 0 N–H and O–H groups in total. The molecule has 1 heterocycles. The Hall–Kier alpha value is -1.45. The van der Waals surface area contributed by atoms with Gasteiger partial charge in [0.25, 0.3) is 0 Å². The van der Waals surface area contributed by atoms with Crippen LogP contribution in [-0.2, 0) is 0 Å². The number of nitrogens with zero attached hydrogens (tertiary/aromatic N) is 2. The Morgan fingerprint density at radius 3 is 2.10 bits per heavy atom. The Morgan fingerprint density at radius 1 is 0.862 bits per heavy atom. The number of aliphatic imine (C=N–C) groups is 1. The third-order valence-corrected chi connectivity index (χ3v) is 9.11. The summed E-state index contributed by atoms with van der Waals surface area (Å²) in [5, 5.41) is 2.46. The Labute approximate surface area is 182 Å². The van der Waals surface area contributed by atoms with Gasteiger partial charge in [0.15, 0.2) is 5.17 Å². The minimum atomic E-state index is 0.344. The van der Waals surface area contributed by atoms with Crippen LogP contribution in [-0.4, -0.2) is 22.2 Å². The lowest BCUT2D eigenvalue weighted by Gasteiger charge is -2.60. The van der Waals surface area contributed by atoms with Crippen LogP contribution in [0.15, 0.2) is 59.6 Å². The van der Waals surface area contributed by atoms with E-state index >= 15 is 0 Å². The summed E-state index contributed by atoms with van der Waals surface area (Å²) in [7, 11) is 0. The van der Waals surface area contributed by atoms with Crippen LogP contribution < -0.4 is 0 Å². The number of halogens is 1. The SMILES string of the molecule is Clc1ccc(N=C2S[C@H](c3ccccc3)CN2C23CC4CC(CC(C4)C2)C3)cc1. The van der Waals surface area contributed by atoms with E-state index in [9.17, 15) is 0 Å². The molecule has 5 fully saturated rings. The molecule has 4 saturated carbocycles. The molecule has 0 aromatic heterocycles. The highest BCUT2D eigenvalue weighted by atomic mass is 35.5.